The molecule has 0 atom stereocenters. The van der Waals surface area contributed by atoms with Gasteiger partial charge in [-0.3, -0.25) is 0 Å². The van der Waals surface area contributed by atoms with Crippen LogP contribution in [0.15, 0.2) is 22.3 Å². The molecule has 0 rings (SSSR count). The summed E-state index contributed by atoms with van der Waals surface area (Å²) in [7, 11) is 0. The van der Waals surface area contributed by atoms with E-state index in [-0.39, 0.29) is 0 Å². The van der Waals surface area contributed by atoms with Gasteiger partial charge in [0.15, 0.2) is 0 Å². The lowest BCUT2D eigenvalue weighted by atomic mass is 10.5. The summed E-state index contributed by atoms with van der Waals surface area (Å²) in [4.78, 5) is 9.75. The first-order valence-corrected chi connectivity index (χ1v) is 3.18. The van der Waals surface area contributed by atoms with E-state index in [1.165, 1.54) is 6.08 Å². The zero-order chi connectivity index (χ0) is 6.41. The van der Waals surface area contributed by atoms with Crippen molar-refractivity contribution in [2.24, 2.45) is 0 Å². The first-order valence-electron chi connectivity index (χ1n) is 1.93. The van der Waals surface area contributed by atoms with Gasteiger partial charge >= 0.3 is 5.97 Å². The van der Waals surface area contributed by atoms with Gasteiger partial charge in [-0.2, -0.15) is 0 Å². The summed E-state index contributed by atoms with van der Waals surface area (Å²) < 4.78 is 1.73. The summed E-state index contributed by atoms with van der Waals surface area (Å²) in [5.74, 6) is -0.917. The molecule has 0 bridgehead atoms. The summed E-state index contributed by atoms with van der Waals surface area (Å²) >= 11 is 2.01. The first-order chi connectivity index (χ1) is 3.77. The van der Waals surface area contributed by atoms with Crippen molar-refractivity contribution in [3.8, 4) is 0 Å². The monoisotopic (exact) mass is 224 g/mol. The zero-order valence-electron chi connectivity index (χ0n) is 4.04. The van der Waals surface area contributed by atoms with Gasteiger partial charge in [0.25, 0.3) is 0 Å². The zero-order valence-corrected chi connectivity index (χ0v) is 6.20. The van der Waals surface area contributed by atoms with Gasteiger partial charge in [-0.05, 0) is 4.08 Å². The predicted octanol–water partition coefficient (Wildman–Crippen LogP) is 1.58. The van der Waals surface area contributed by atoms with Crippen molar-refractivity contribution in [1.82, 2.24) is 0 Å². The highest BCUT2D eigenvalue weighted by Crippen LogP contribution is 1.83. The molecule has 0 heterocycles. The van der Waals surface area contributed by atoms with Crippen molar-refractivity contribution in [2.45, 2.75) is 0 Å². The van der Waals surface area contributed by atoms with Crippen LogP contribution in [0.5, 0.6) is 0 Å². The smallest absolute Gasteiger partial charge is 0.328 e. The number of carboxylic acids is 1. The van der Waals surface area contributed by atoms with Crippen LogP contribution in [0.3, 0.4) is 0 Å². The number of allylic oxidation sites excluding steroid dienone is 2. The average molecular weight is 224 g/mol. The second-order valence-corrected chi connectivity index (χ2v) is 1.73. The third kappa shape index (κ3) is 5.68. The van der Waals surface area contributed by atoms with E-state index < -0.39 is 5.97 Å². The van der Waals surface area contributed by atoms with Crippen LogP contribution in [0.2, 0.25) is 0 Å². The van der Waals surface area contributed by atoms with Gasteiger partial charge in [0.1, 0.15) is 0 Å². The number of halogens is 1. The molecule has 44 valence electrons. The highest BCUT2D eigenvalue weighted by molar-refractivity contribution is 14.1. The SMILES string of the molecule is O=C(O)/C=C\C=C/I. The molecule has 0 radical (unpaired) electrons. The Morgan fingerprint density at radius 3 is 2.50 bits per heavy atom. The number of carbonyl (C=O) groups is 1. The average Bonchev–Trinajstić information content (AvgIpc) is 1.66. The van der Waals surface area contributed by atoms with E-state index in [1.54, 1.807) is 10.2 Å². The Morgan fingerprint density at radius 1 is 1.50 bits per heavy atom. The molecule has 8 heavy (non-hydrogen) atoms. The third-order valence-corrected chi connectivity index (χ3v) is 0.838. The Morgan fingerprint density at radius 2 is 2.12 bits per heavy atom. The van der Waals surface area contributed by atoms with Gasteiger partial charge in [0.05, 0.1) is 0 Å². The Labute approximate surface area is 61.0 Å². The molecule has 0 aromatic heterocycles. The van der Waals surface area contributed by atoms with Gasteiger partial charge in [0, 0.05) is 6.08 Å². The molecule has 0 spiro atoms. The molecule has 0 aliphatic rings. The molecule has 0 saturated heterocycles. The molecule has 3 heteroatoms. The molecular weight excluding hydrogens is 219 g/mol. The molecule has 0 aromatic rings. The number of aliphatic carboxylic acids is 1. The summed E-state index contributed by atoms with van der Waals surface area (Å²) in [6.07, 6.45) is 4.19. The fourth-order valence-electron chi connectivity index (χ4n) is 0.180. The largest absolute Gasteiger partial charge is 0.478 e. The van der Waals surface area contributed by atoms with Crippen LogP contribution in [0.1, 0.15) is 0 Å². The van der Waals surface area contributed by atoms with Gasteiger partial charge in [-0.15, -0.1) is 0 Å². The number of rotatable bonds is 2. The highest BCUT2D eigenvalue weighted by atomic mass is 127. The molecule has 0 amide bonds. The highest BCUT2D eigenvalue weighted by Gasteiger charge is 1.78. The van der Waals surface area contributed by atoms with Gasteiger partial charge in [-0.25, -0.2) is 4.79 Å². The molecule has 0 aromatic carbocycles. The van der Waals surface area contributed by atoms with Crippen LogP contribution in [0.4, 0.5) is 0 Å². The van der Waals surface area contributed by atoms with E-state index in [9.17, 15) is 4.79 Å². The maximum atomic E-state index is 9.75. The van der Waals surface area contributed by atoms with Crippen LogP contribution in [-0.2, 0) is 4.79 Å². The third-order valence-electron chi connectivity index (χ3n) is 0.423. The van der Waals surface area contributed by atoms with E-state index in [0.29, 0.717) is 0 Å². The summed E-state index contributed by atoms with van der Waals surface area (Å²) in [5, 5.41) is 8.02. The topological polar surface area (TPSA) is 37.3 Å². The molecular formula is C5H5IO2. The maximum Gasteiger partial charge on any atom is 0.328 e. The van der Waals surface area contributed by atoms with Crippen molar-refractivity contribution in [2.75, 3.05) is 0 Å². The van der Waals surface area contributed by atoms with Crippen LogP contribution >= 0.6 is 22.6 Å². The lowest BCUT2D eigenvalue weighted by Gasteiger charge is -1.71. The molecule has 0 unspecified atom stereocenters. The van der Waals surface area contributed by atoms with Crippen LogP contribution < -0.4 is 0 Å². The van der Waals surface area contributed by atoms with Crippen molar-refractivity contribution in [1.29, 1.82) is 0 Å². The second-order valence-electron chi connectivity index (χ2n) is 1.02. The lowest BCUT2D eigenvalue weighted by molar-refractivity contribution is -0.131. The molecule has 1 N–H and O–H groups in total. The van der Waals surface area contributed by atoms with Crippen molar-refractivity contribution in [3.63, 3.8) is 0 Å². The predicted molar refractivity (Wildman–Crippen MR) is 39.9 cm³/mol. The number of hydrogen-bond donors (Lipinski definition) is 1. The van der Waals surface area contributed by atoms with E-state index in [0.717, 1.165) is 6.08 Å². The van der Waals surface area contributed by atoms with Crippen molar-refractivity contribution < 1.29 is 9.90 Å². The van der Waals surface area contributed by atoms with E-state index in [1.807, 2.05) is 22.6 Å². The fourth-order valence-corrected chi connectivity index (χ4v) is 0.420. The Kier molecular flexibility index (Phi) is 4.64. The fraction of sp³-hybridized carbons (Fsp3) is 0. The lowest BCUT2D eigenvalue weighted by Crippen LogP contribution is -1.83. The number of hydrogen-bond acceptors (Lipinski definition) is 1. The maximum absolute atomic E-state index is 9.75. The molecule has 2 nitrogen and oxygen atoms in total. The van der Waals surface area contributed by atoms with Crippen molar-refractivity contribution in [3.05, 3.63) is 22.3 Å². The van der Waals surface area contributed by atoms with Gasteiger partial charge in [-0.1, -0.05) is 34.7 Å². The van der Waals surface area contributed by atoms with Crippen LogP contribution in [0, 0.1) is 0 Å². The van der Waals surface area contributed by atoms with Crippen LogP contribution in [0.25, 0.3) is 0 Å². The van der Waals surface area contributed by atoms with E-state index in [4.69, 9.17) is 5.11 Å². The van der Waals surface area contributed by atoms with Crippen LogP contribution in [-0.4, -0.2) is 11.1 Å². The minimum Gasteiger partial charge on any atom is -0.478 e. The Bertz CT molecular complexity index is 126. The standard InChI is InChI=1S/C5H5IO2/c6-4-2-1-3-5(7)8/h1-4H,(H,7,8)/b3-1-,4-2-. The van der Waals surface area contributed by atoms with Crippen molar-refractivity contribution >= 4 is 28.6 Å². The summed E-state index contributed by atoms with van der Waals surface area (Å²) in [6.45, 7) is 0. The van der Waals surface area contributed by atoms with Gasteiger partial charge < -0.3 is 5.11 Å². The Hall–Kier alpha value is -0.320. The molecule has 0 aliphatic carbocycles. The first kappa shape index (κ1) is 7.68. The quantitative estimate of drug-likeness (QED) is 0.439. The van der Waals surface area contributed by atoms with E-state index >= 15 is 0 Å². The molecule has 0 fully saturated rings. The molecule has 0 aliphatic heterocycles. The number of carboxylic acid groups (broad SMARTS) is 1. The minimum atomic E-state index is -0.917. The Balaban J connectivity index is 3.50. The van der Waals surface area contributed by atoms with Gasteiger partial charge in [0.2, 0.25) is 0 Å². The normalized spacial score (nSPS) is 11.1. The summed E-state index contributed by atoms with van der Waals surface area (Å²) in [5.41, 5.74) is 0. The molecule has 0 saturated carbocycles. The van der Waals surface area contributed by atoms with E-state index in [2.05, 4.69) is 0 Å². The summed E-state index contributed by atoms with van der Waals surface area (Å²) in [6, 6.07) is 0. The second kappa shape index (κ2) is 4.83. The minimum absolute atomic E-state index is 0.917.